The number of allylic oxidation sites excluding steroid dienone is 1. The van der Waals surface area contributed by atoms with Gasteiger partial charge in [0.05, 0.1) is 0 Å². The Morgan fingerprint density at radius 1 is 1.11 bits per heavy atom. The summed E-state index contributed by atoms with van der Waals surface area (Å²) >= 11 is 0. The van der Waals surface area contributed by atoms with Gasteiger partial charge in [-0.25, -0.2) is 0 Å². The first kappa shape index (κ1) is 26.2. The molecule has 0 heterocycles. The topological polar surface area (TPSA) is 0 Å². The fourth-order valence-corrected chi connectivity index (χ4v) is 1.13. The first-order valence-electron chi connectivity index (χ1n) is 5.66. The van der Waals surface area contributed by atoms with Crippen molar-refractivity contribution in [3.63, 3.8) is 0 Å². The SMILES string of the molecule is C=C(C)C.CCC(C)c1ccc(C)cc1.[CH3-].[CH3-].[Ru+2]. The molecule has 0 fully saturated rings. The molecule has 0 saturated heterocycles. The summed E-state index contributed by atoms with van der Waals surface area (Å²) in [6, 6.07) is 8.82. The van der Waals surface area contributed by atoms with E-state index in [1.165, 1.54) is 23.1 Å². The van der Waals surface area contributed by atoms with Crippen molar-refractivity contribution in [2.24, 2.45) is 0 Å². The van der Waals surface area contributed by atoms with Crippen LogP contribution in [0.5, 0.6) is 0 Å². The summed E-state index contributed by atoms with van der Waals surface area (Å²) in [4.78, 5) is 0. The van der Waals surface area contributed by atoms with Crippen LogP contribution in [-0.4, -0.2) is 0 Å². The Hall–Kier alpha value is -0.417. The van der Waals surface area contributed by atoms with Crippen LogP contribution in [0.1, 0.15) is 51.2 Å². The van der Waals surface area contributed by atoms with Crippen molar-refractivity contribution in [2.45, 2.75) is 47.0 Å². The van der Waals surface area contributed by atoms with Crippen LogP contribution in [0.2, 0.25) is 0 Å². The predicted octanol–water partition coefficient (Wildman–Crippen LogP) is 5.99. The first-order chi connectivity index (χ1) is 6.97. The molecule has 0 nitrogen and oxygen atoms in total. The maximum atomic E-state index is 3.56. The maximum Gasteiger partial charge on any atom is 2.00 e. The maximum absolute atomic E-state index is 3.56. The quantitative estimate of drug-likeness (QED) is 0.354. The smallest absolute Gasteiger partial charge is 0.358 e. The molecular formula is C17H30Ru. The molecule has 1 atom stereocenters. The average molecular weight is 335 g/mol. The minimum absolute atomic E-state index is 0. The molecule has 0 N–H and O–H groups in total. The van der Waals surface area contributed by atoms with E-state index in [0.717, 1.165) is 0 Å². The Morgan fingerprint density at radius 2 is 1.44 bits per heavy atom. The van der Waals surface area contributed by atoms with Crippen LogP contribution in [0.4, 0.5) is 0 Å². The van der Waals surface area contributed by atoms with Crippen molar-refractivity contribution in [1.82, 2.24) is 0 Å². The van der Waals surface area contributed by atoms with Crippen molar-refractivity contribution in [2.75, 3.05) is 0 Å². The van der Waals surface area contributed by atoms with E-state index in [1.54, 1.807) is 0 Å². The van der Waals surface area contributed by atoms with E-state index in [4.69, 9.17) is 0 Å². The second kappa shape index (κ2) is 14.6. The van der Waals surface area contributed by atoms with Gasteiger partial charge in [0.25, 0.3) is 0 Å². The predicted molar refractivity (Wildman–Crippen MR) is 83.2 cm³/mol. The molecule has 0 aliphatic rings. The van der Waals surface area contributed by atoms with E-state index in [0.29, 0.717) is 5.92 Å². The van der Waals surface area contributed by atoms with Crippen LogP contribution in [0.15, 0.2) is 36.4 Å². The van der Waals surface area contributed by atoms with Gasteiger partial charge >= 0.3 is 19.5 Å². The minimum atomic E-state index is 0. The number of benzene rings is 1. The third-order valence-corrected chi connectivity index (χ3v) is 2.26. The van der Waals surface area contributed by atoms with Gasteiger partial charge in [0.2, 0.25) is 0 Å². The molecule has 1 rings (SSSR count). The fraction of sp³-hybridized carbons (Fsp3) is 0.412. The van der Waals surface area contributed by atoms with Crippen LogP contribution in [0.3, 0.4) is 0 Å². The van der Waals surface area contributed by atoms with Crippen LogP contribution in [0.25, 0.3) is 0 Å². The largest absolute Gasteiger partial charge is 2.00 e. The number of aryl methyl sites for hydroxylation is 1. The van der Waals surface area contributed by atoms with Gasteiger partial charge in [0.15, 0.2) is 0 Å². The summed E-state index contributed by atoms with van der Waals surface area (Å²) in [6.07, 6.45) is 1.23. The third kappa shape index (κ3) is 13.6. The Balaban J connectivity index is -0.000000125. The van der Waals surface area contributed by atoms with Gasteiger partial charge in [0, 0.05) is 0 Å². The van der Waals surface area contributed by atoms with Gasteiger partial charge in [-0.15, -0.1) is 6.58 Å². The zero-order valence-corrected chi connectivity index (χ0v) is 14.9. The normalized spacial score (nSPS) is 9.39. The van der Waals surface area contributed by atoms with Crippen molar-refractivity contribution in [3.05, 3.63) is 62.4 Å². The molecule has 0 aliphatic heterocycles. The number of hydrogen-bond acceptors (Lipinski definition) is 0. The monoisotopic (exact) mass is 336 g/mol. The van der Waals surface area contributed by atoms with E-state index in [2.05, 4.69) is 51.6 Å². The van der Waals surface area contributed by atoms with Gasteiger partial charge in [-0.05, 0) is 38.7 Å². The Morgan fingerprint density at radius 3 is 1.72 bits per heavy atom. The molecule has 0 radical (unpaired) electrons. The summed E-state index contributed by atoms with van der Waals surface area (Å²) < 4.78 is 0. The molecule has 0 spiro atoms. The second-order valence-corrected chi connectivity index (χ2v) is 4.43. The Labute approximate surface area is 129 Å². The standard InChI is InChI=1S/C11H16.C4H8.2CH3.Ru/c1-4-10(3)11-7-5-9(2)6-8-11;1-4(2)3;;;/h5-8,10H,4H2,1-3H3;1H2,2-3H3;2*1H3;/q;;2*-1;+2. The fourth-order valence-electron chi connectivity index (χ4n) is 1.13. The van der Waals surface area contributed by atoms with Gasteiger partial charge in [0.1, 0.15) is 0 Å². The van der Waals surface area contributed by atoms with E-state index >= 15 is 0 Å². The zero-order valence-electron chi connectivity index (χ0n) is 13.2. The van der Waals surface area contributed by atoms with Gasteiger partial charge in [-0.2, -0.15) is 0 Å². The van der Waals surface area contributed by atoms with Crippen LogP contribution in [-0.2, 0) is 19.5 Å². The summed E-state index contributed by atoms with van der Waals surface area (Å²) in [5, 5.41) is 0. The molecule has 1 aromatic carbocycles. The molecule has 1 heteroatoms. The summed E-state index contributed by atoms with van der Waals surface area (Å²) in [5.74, 6) is 0.704. The van der Waals surface area contributed by atoms with E-state index in [9.17, 15) is 0 Å². The van der Waals surface area contributed by atoms with E-state index in [-0.39, 0.29) is 34.3 Å². The van der Waals surface area contributed by atoms with Crippen molar-refractivity contribution < 1.29 is 19.5 Å². The first-order valence-corrected chi connectivity index (χ1v) is 5.66. The van der Waals surface area contributed by atoms with Gasteiger partial charge in [-0.1, -0.05) is 49.2 Å². The number of rotatable bonds is 2. The molecule has 1 aromatic rings. The van der Waals surface area contributed by atoms with Crippen molar-refractivity contribution in [3.8, 4) is 0 Å². The van der Waals surface area contributed by atoms with E-state index < -0.39 is 0 Å². The molecule has 0 aromatic heterocycles. The summed E-state index contributed by atoms with van der Waals surface area (Å²) in [7, 11) is 0. The Kier molecular flexibility index (Phi) is 21.3. The third-order valence-electron chi connectivity index (χ3n) is 2.26. The molecule has 0 bridgehead atoms. The summed E-state index contributed by atoms with van der Waals surface area (Å²) in [5.41, 5.74) is 3.97. The zero-order chi connectivity index (χ0) is 11.8. The van der Waals surface area contributed by atoms with Crippen LogP contribution in [0, 0.1) is 21.8 Å². The van der Waals surface area contributed by atoms with Crippen LogP contribution >= 0.6 is 0 Å². The van der Waals surface area contributed by atoms with E-state index in [1.807, 2.05) is 13.8 Å². The average Bonchev–Trinajstić information content (AvgIpc) is 2.17. The van der Waals surface area contributed by atoms with Crippen molar-refractivity contribution >= 4 is 0 Å². The number of hydrogen-bond donors (Lipinski definition) is 0. The Bertz CT molecular complexity index is 281. The molecule has 18 heavy (non-hydrogen) atoms. The second-order valence-electron chi connectivity index (χ2n) is 4.43. The molecule has 0 aliphatic carbocycles. The molecule has 0 amide bonds. The molecular weight excluding hydrogens is 305 g/mol. The van der Waals surface area contributed by atoms with Crippen LogP contribution < -0.4 is 0 Å². The molecule has 106 valence electrons. The summed E-state index contributed by atoms with van der Waals surface area (Å²) in [6.45, 7) is 14.1. The van der Waals surface area contributed by atoms with Gasteiger partial charge in [-0.3, -0.25) is 0 Å². The molecule has 0 saturated carbocycles. The van der Waals surface area contributed by atoms with Gasteiger partial charge < -0.3 is 14.9 Å². The minimum Gasteiger partial charge on any atom is -0.358 e. The molecule has 1 unspecified atom stereocenters. The van der Waals surface area contributed by atoms with Crippen molar-refractivity contribution in [1.29, 1.82) is 0 Å².